The van der Waals surface area contributed by atoms with Crippen LogP contribution in [0.25, 0.3) is 0 Å². The molecule has 0 radical (unpaired) electrons. The maximum atomic E-state index is 11.5. The van der Waals surface area contributed by atoms with Gasteiger partial charge in [0.25, 0.3) is 0 Å². The molecule has 0 aliphatic carbocycles. The Bertz CT molecular complexity index is 744. The van der Waals surface area contributed by atoms with Crippen LogP contribution in [0.4, 0.5) is 0 Å². The van der Waals surface area contributed by atoms with E-state index in [1.807, 2.05) is 30.3 Å². The van der Waals surface area contributed by atoms with Gasteiger partial charge >= 0.3 is 5.97 Å². The number of hydrogen-bond acceptors (Lipinski definition) is 7. The van der Waals surface area contributed by atoms with Crippen LogP contribution in [-0.4, -0.2) is 58.2 Å². The Morgan fingerprint density at radius 3 is 1.93 bits per heavy atom. The van der Waals surface area contributed by atoms with E-state index >= 15 is 0 Å². The van der Waals surface area contributed by atoms with Gasteiger partial charge in [0, 0.05) is 13.5 Å². The molecular weight excluding hydrogens is 520 g/mol. The molecule has 2 rings (SSSR count). The van der Waals surface area contributed by atoms with Crippen molar-refractivity contribution < 1.29 is 33.2 Å². The average molecular weight is 579 g/mol. The summed E-state index contributed by atoms with van der Waals surface area (Å²) in [5.74, 6) is -0.170. The molecule has 0 aromatic heterocycles. The number of carbonyl (C=O) groups excluding carboxylic acids is 1. The molecule has 1 saturated heterocycles. The van der Waals surface area contributed by atoms with Gasteiger partial charge in [-0.15, -0.1) is 0 Å². The van der Waals surface area contributed by atoms with Gasteiger partial charge in [-0.3, -0.25) is 4.79 Å². The Balaban J connectivity index is 1.78. The standard InChI is InChI=1S/C34H58O7/c1-4-5-6-7-8-9-10-11-12-16-21-30(39-27-36-2)32-24-25-33(41-32)31(22-17-18-23-34(35)37-3)40-28-38-26-29-19-14-13-15-20-29/h13-15,19-20,30-33H,4-12,16-18,21-28H2,1-3H3/t30-,31+,32-,33-/m0/s1. The molecule has 1 heterocycles. The van der Waals surface area contributed by atoms with Crippen LogP contribution < -0.4 is 0 Å². The number of carbonyl (C=O) groups is 1. The van der Waals surface area contributed by atoms with Gasteiger partial charge in [0.2, 0.25) is 0 Å². The van der Waals surface area contributed by atoms with Gasteiger partial charge in [-0.2, -0.15) is 0 Å². The summed E-state index contributed by atoms with van der Waals surface area (Å²) in [6, 6.07) is 10.1. The van der Waals surface area contributed by atoms with Crippen molar-refractivity contribution in [3.05, 3.63) is 35.9 Å². The first-order valence-electron chi connectivity index (χ1n) is 16.2. The molecule has 1 aromatic rings. The van der Waals surface area contributed by atoms with E-state index in [-0.39, 0.29) is 44.0 Å². The minimum atomic E-state index is -0.170. The van der Waals surface area contributed by atoms with E-state index < -0.39 is 0 Å². The summed E-state index contributed by atoms with van der Waals surface area (Å²) < 4.78 is 34.8. The molecule has 1 aromatic carbocycles. The number of methoxy groups -OCH3 is 2. The van der Waals surface area contributed by atoms with Crippen LogP contribution in [0.15, 0.2) is 30.3 Å². The Labute approximate surface area is 249 Å². The lowest BCUT2D eigenvalue weighted by Gasteiger charge is -2.27. The lowest BCUT2D eigenvalue weighted by molar-refractivity contribution is -0.165. The molecule has 1 aliphatic heterocycles. The molecule has 0 N–H and O–H groups in total. The van der Waals surface area contributed by atoms with Crippen molar-refractivity contribution in [1.82, 2.24) is 0 Å². The number of benzene rings is 1. The number of ether oxygens (including phenoxy) is 6. The monoisotopic (exact) mass is 578 g/mol. The highest BCUT2D eigenvalue weighted by molar-refractivity contribution is 5.68. The molecule has 0 bridgehead atoms. The van der Waals surface area contributed by atoms with E-state index in [0.717, 1.165) is 50.5 Å². The molecular formula is C34H58O7. The van der Waals surface area contributed by atoms with Crippen LogP contribution >= 0.6 is 0 Å². The summed E-state index contributed by atoms with van der Waals surface area (Å²) in [6.07, 6.45) is 18.9. The highest BCUT2D eigenvalue weighted by atomic mass is 16.7. The van der Waals surface area contributed by atoms with Gasteiger partial charge in [-0.05, 0) is 37.7 Å². The number of rotatable bonds is 26. The van der Waals surface area contributed by atoms with Crippen LogP contribution in [0.3, 0.4) is 0 Å². The molecule has 4 atom stereocenters. The van der Waals surface area contributed by atoms with Crippen LogP contribution in [0.2, 0.25) is 0 Å². The number of esters is 1. The average Bonchev–Trinajstić information content (AvgIpc) is 3.49. The predicted molar refractivity (Wildman–Crippen MR) is 163 cm³/mol. The SMILES string of the molecule is CCCCCCCCCCCC[C@H](OCOC)[C@@H]1CC[C@@H]([C@@H](CCCCC(=O)OC)OCOCc2ccccc2)O1. The summed E-state index contributed by atoms with van der Waals surface area (Å²) in [5.41, 5.74) is 1.12. The molecule has 1 fully saturated rings. The van der Waals surface area contributed by atoms with Crippen molar-refractivity contribution >= 4 is 5.97 Å². The van der Waals surface area contributed by atoms with Crippen molar-refractivity contribution in [2.24, 2.45) is 0 Å². The zero-order valence-corrected chi connectivity index (χ0v) is 26.2. The van der Waals surface area contributed by atoms with Crippen molar-refractivity contribution in [1.29, 1.82) is 0 Å². The summed E-state index contributed by atoms with van der Waals surface area (Å²) >= 11 is 0. The van der Waals surface area contributed by atoms with Gasteiger partial charge in [0.15, 0.2) is 0 Å². The first-order chi connectivity index (χ1) is 20.2. The second kappa shape index (κ2) is 24.0. The van der Waals surface area contributed by atoms with Crippen LogP contribution in [0, 0.1) is 0 Å². The Hall–Kier alpha value is -1.51. The van der Waals surface area contributed by atoms with Gasteiger partial charge in [0.05, 0.1) is 38.1 Å². The lowest BCUT2D eigenvalue weighted by Crippen LogP contribution is -2.34. The highest BCUT2D eigenvalue weighted by Crippen LogP contribution is 2.31. The first-order valence-corrected chi connectivity index (χ1v) is 16.2. The van der Waals surface area contributed by atoms with Crippen molar-refractivity contribution in [3.8, 4) is 0 Å². The quantitative estimate of drug-likeness (QED) is 0.0624. The largest absolute Gasteiger partial charge is 0.469 e. The zero-order chi connectivity index (χ0) is 29.4. The zero-order valence-electron chi connectivity index (χ0n) is 26.2. The van der Waals surface area contributed by atoms with E-state index in [1.54, 1.807) is 7.11 Å². The summed E-state index contributed by atoms with van der Waals surface area (Å²) in [6.45, 7) is 3.28. The van der Waals surface area contributed by atoms with E-state index in [4.69, 9.17) is 28.4 Å². The second-order valence-electron chi connectivity index (χ2n) is 11.4. The Kier molecular flexibility index (Phi) is 20.9. The van der Waals surface area contributed by atoms with Gasteiger partial charge in [0.1, 0.15) is 13.6 Å². The van der Waals surface area contributed by atoms with Gasteiger partial charge in [-0.25, -0.2) is 0 Å². The minimum Gasteiger partial charge on any atom is -0.469 e. The summed E-state index contributed by atoms with van der Waals surface area (Å²) in [5, 5.41) is 0. The normalized spacial score (nSPS) is 18.4. The summed E-state index contributed by atoms with van der Waals surface area (Å²) in [7, 11) is 3.10. The molecule has 236 valence electrons. The van der Waals surface area contributed by atoms with Gasteiger partial charge in [-0.1, -0.05) is 108 Å². The number of hydrogen-bond donors (Lipinski definition) is 0. The van der Waals surface area contributed by atoms with Crippen LogP contribution in [0.1, 0.15) is 122 Å². The molecule has 0 unspecified atom stereocenters. The topological polar surface area (TPSA) is 72.5 Å². The molecule has 1 aliphatic rings. The molecule has 7 nitrogen and oxygen atoms in total. The second-order valence-corrected chi connectivity index (χ2v) is 11.4. The van der Waals surface area contributed by atoms with Crippen molar-refractivity contribution in [2.75, 3.05) is 27.8 Å². The minimum absolute atomic E-state index is 0.0141. The molecule has 0 spiro atoms. The Morgan fingerprint density at radius 2 is 1.34 bits per heavy atom. The fourth-order valence-corrected chi connectivity index (χ4v) is 5.56. The first kappa shape index (κ1) is 35.7. The van der Waals surface area contributed by atoms with Crippen LogP contribution in [-0.2, 0) is 39.8 Å². The predicted octanol–water partition coefficient (Wildman–Crippen LogP) is 8.13. The fraction of sp³-hybridized carbons (Fsp3) is 0.794. The Morgan fingerprint density at radius 1 is 0.780 bits per heavy atom. The third-order valence-corrected chi connectivity index (χ3v) is 7.98. The van der Waals surface area contributed by atoms with Crippen molar-refractivity contribution in [3.63, 3.8) is 0 Å². The van der Waals surface area contributed by atoms with E-state index in [1.165, 1.54) is 64.9 Å². The maximum Gasteiger partial charge on any atom is 0.305 e. The van der Waals surface area contributed by atoms with E-state index in [9.17, 15) is 4.79 Å². The fourth-order valence-electron chi connectivity index (χ4n) is 5.56. The summed E-state index contributed by atoms with van der Waals surface area (Å²) in [4.78, 5) is 11.5. The highest BCUT2D eigenvalue weighted by Gasteiger charge is 2.36. The molecule has 7 heteroatoms. The van der Waals surface area contributed by atoms with E-state index in [0.29, 0.717) is 13.0 Å². The van der Waals surface area contributed by atoms with Crippen molar-refractivity contribution in [2.45, 2.75) is 147 Å². The molecule has 0 amide bonds. The van der Waals surface area contributed by atoms with Gasteiger partial charge < -0.3 is 28.4 Å². The van der Waals surface area contributed by atoms with Crippen LogP contribution in [0.5, 0.6) is 0 Å². The third-order valence-electron chi connectivity index (χ3n) is 7.98. The number of unbranched alkanes of at least 4 members (excludes halogenated alkanes) is 10. The smallest absolute Gasteiger partial charge is 0.305 e. The van der Waals surface area contributed by atoms with E-state index in [2.05, 4.69) is 6.92 Å². The maximum absolute atomic E-state index is 11.5. The third kappa shape index (κ3) is 16.6. The lowest BCUT2D eigenvalue weighted by atomic mass is 10.00. The molecule has 0 saturated carbocycles. The molecule has 41 heavy (non-hydrogen) atoms.